The Balaban J connectivity index is 2.24. The van der Waals surface area contributed by atoms with Crippen molar-refractivity contribution in [2.75, 3.05) is 12.8 Å². The minimum Gasteiger partial charge on any atom is -0.465 e. The van der Waals surface area contributed by atoms with Crippen molar-refractivity contribution in [1.29, 1.82) is 0 Å². The van der Waals surface area contributed by atoms with Gasteiger partial charge in [0.15, 0.2) is 0 Å². The van der Waals surface area contributed by atoms with E-state index in [1.165, 1.54) is 7.11 Å². The summed E-state index contributed by atoms with van der Waals surface area (Å²) in [5.41, 5.74) is 9.31. The van der Waals surface area contributed by atoms with E-state index in [2.05, 4.69) is 6.58 Å². The van der Waals surface area contributed by atoms with E-state index in [4.69, 9.17) is 10.5 Å². The van der Waals surface area contributed by atoms with Crippen molar-refractivity contribution in [2.45, 2.75) is 13.5 Å². The van der Waals surface area contributed by atoms with Crippen LogP contribution in [-0.2, 0) is 11.3 Å². The third kappa shape index (κ3) is 2.71. The molecule has 0 radical (unpaired) electrons. The summed E-state index contributed by atoms with van der Waals surface area (Å²) in [5.74, 6) is -0.487. The van der Waals surface area contributed by atoms with Gasteiger partial charge in [-0.3, -0.25) is 9.13 Å². The number of esters is 1. The fourth-order valence-electron chi connectivity index (χ4n) is 2.97. The van der Waals surface area contributed by atoms with E-state index in [1.54, 1.807) is 34.3 Å². The van der Waals surface area contributed by atoms with Crippen molar-refractivity contribution in [3.63, 3.8) is 0 Å². The summed E-state index contributed by atoms with van der Waals surface area (Å²) in [5, 5.41) is 0. The zero-order valence-electron chi connectivity index (χ0n) is 14.2. The summed E-state index contributed by atoms with van der Waals surface area (Å²) in [4.78, 5) is 25.0. The molecule has 6 heteroatoms. The van der Waals surface area contributed by atoms with Crippen LogP contribution in [-0.4, -0.2) is 22.2 Å². The molecule has 0 saturated heterocycles. The van der Waals surface area contributed by atoms with Gasteiger partial charge in [-0.1, -0.05) is 24.8 Å². The quantitative estimate of drug-likeness (QED) is 0.586. The number of anilines is 1. The van der Waals surface area contributed by atoms with Gasteiger partial charge in [-0.05, 0) is 31.2 Å². The monoisotopic (exact) mass is 337 g/mol. The number of benzene rings is 2. The largest absolute Gasteiger partial charge is 0.465 e. The van der Waals surface area contributed by atoms with Crippen molar-refractivity contribution in [3.8, 4) is 0 Å². The fourth-order valence-corrected chi connectivity index (χ4v) is 2.97. The van der Waals surface area contributed by atoms with E-state index < -0.39 is 5.97 Å². The van der Waals surface area contributed by atoms with Gasteiger partial charge >= 0.3 is 11.7 Å². The number of carbonyl (C=O) groups excluding carboxylic acids is 1. The number of nitrogen functional groups attached to an aromatic ring is 1. The second-order valence-corrected chi connectivity index (χ2v) is 5.79. The highest BCUT2D eigenvalue weighted by molar-refractivity contribution is 5.92. The lowest BCUT2D eigenvalue weighted by Gasteiger charge is -2.11. The second-order valence-electron chi connectivity index (χ2n) is 5.79. The number of nitrogens with two attached hydrogens (primary N) is 1. The molecule has 0 aliphatic rings. The normalized spacial score (nSPS) is 10.8. The second kappa shape index (κ2) is 6.32. The number of ether oxygens (including phenoxy) is 1. The molecule has 3 rings (SSSR count). The first-order valence-corrected chi connectivity index (χ1v) is 7.77. The van der Waals surface area contributed by atoms with Crippen LogP contribution in [0.2, 0.25) is 0 Å². The maximum Gasteiger partial charge on any atom is 0.338 e. The molecule has 0 aliphatic heterocycles. The van der Waals surface area contributed by atoms with Crippen LogP contribution >= 0.6 is 0 Å². The minimum absolute atomic E-state index is 0.163. The molecular formula is C19H19N3O3. The van der Waals surface area contributed by atoms with Crippen LogP contribution in [0.15, 0.2) is 53.8 Å². The number of para-hydroxylation sites is 2. The zero-order chi connectivity index (χ0) is 18.1. The number of rotatable bonds is 4. The van der Waals surface area contributed by atoms with Crippen LogP contribution in [0.3, 0.4) is 0 Å². The summed E-state index contributed by atoms with van der Waals surface area (Å²) >= 11 is 0. The maximum atomic E-state index is 12.9. The number of fused-ring (bicyclic) bond motifs is 1. The Morgan fingerprint density at radius 2 is 1.84 bits per heavy atom. The Labute approximate surface area is 144 Å². The molecule has 0 spiro atoms. The van der Waals surface area contributed by atoms with Gasteiger partial charge in [0.05, 0.1) is 30.3 Å². The Kier molecular flexibility index (Phi) is 4.19. The van der Waals surface area contributed by atoms with E-state index in [9.17, 15) is 9.59 Å². The highest BCUT2D eigenvalue weighted by atomic mass is 16.5. The van der Waals surface area contributed by atoms with E-state index >= 15 is 0 Å². The Morgan fingerprint density at radius 1 is 1.16 bits per heavy atom. The molecule has 6 nitrogen and oxygen atoms in total. The predicted molar refractivity (Wildman–Crippen MR) is 98.5 cm³/mol. The Hall–Kier alpha value is -3.28. The van der Waals surface area contributed by atoms with Gasteiger partial charge in [0.2, 0.25) is 0 Å². The first kappa shape index (κ1) is 16.6. The molecule has 0 atom stereocenters. The number of hydrogen-bond acceptors (Lipinski definition) is 4. The van der Waals surface area contributed by atoms with Crippen LogP contribution in [0.5, 0.6) is 0 Å². The van der Waals surface area contributed by atoms with Crippen LogP contribution in [0, 0.1) is 0 Å². The fraction of sp³-hybridized carbons (Fsp3) is 0.158. The van der Waals surface area contributed by atoms with Gasteiger partial charge in [0.1, 0.15) is 0 Å². The number of hydrogen-bond donors (Lipinski definition) is 1. The topological polar surface area (TPSA) is 79.3 Å². The van der Waals surface area contributed by atoms with Gasteiger partial charge < -0.3 is 10.5 Å². The van der Waals surface area contributed by atoms with Gasteiger partial charge in [0, 0.05) is 16.9 Å². The van der Waals surface area contributed by atoms with E-state index in [1.807, 2.05) is 24.3 Å². The Morgan fingerprint density at radius 3 is 2.48 bits per heavy atom. The van der Waals surface area contributed by atoms with Crippen LogP contribution in [0.1, 0.15) is 22.8 Å². The molecule has 1 aromatic heterocycles. The average Bonchev–Trinajstić information content (AvgIpc) is 2.88. The average molecular weight is 337 g/mol. The molecule has 25 heavy (non-hydrogen) atoms. The summed E-state index contributed by atoms with van der Waals surface area (Å²) in [6.07, 6.45) is 0. The van der Waals surface area contributed by atoms with E-state index in [0.717, 1.165) is 11.0 Å². The highest BCUT2D eigenvalue weighted by Gasteiger charge is 2.19. The third-order valence-electron chi connectivity index (χ3n) is 4.15. The number of imidazole rings is 1. The highest BCUT2D eigenvalue weighted by Crippen LogP contribution is 2.22. The van der Waals surface area contributed by atoms with Crippen molar-refractivity contribution >= 4 is 28.4 Å². The van der Waals surface area contributed by atoms with Crippen molar-refractivity contribution in [2.24, 2.45) is 0 Å². The molecule has 0 fully saturated rings. The molecule has 2 aromatic carbocycles. The lowest BCUT2D eigenvalue weighted by Crippen LogP contribution is -2.25. The molecule has 0 amide bonds. The van der Waals surface area contributed by atoms with Crippen molar-refractivity contribution < 1.29 is 9.53 Å². The number of carbonyl (C=O) groups is 1. The summed E-state index contributed by atoms with van der Waals surface area (Å²) in [7, 11) is 1.31. The molecule has 0 bridgehead atoms. The lowest BCUT2D eigenvalue weighted by molar-refractivity contribution is 0.0599. The smallest absolute Gasteiger partial charge is 0.338 e. The molecule has 3 aromatic rings. The molecule has 2 N–H and O–H groups in total. The van der Waals surface area contributed by atoms with Crippen LogP contribution in [0.4, 0.5) is 5.69 Å². The molecule has 0 unspecified atom stereocenters. The third-order valence-corrected chi connectivity index (χ3v) is 4.15. The molecule has 0 saturated carbocycles. The summed E-state index contributed by atoms with van der Waals surface area (Å²) in [6.45, 7) is 5.82. The standard InChI is InChI=1S/C19H19N3O3/c1-12(2)22-17-10-5-4-9-16(17)21(19(22)24)11-14-13(18(23)25-3)7-6-8-15(14)20/h4-10H,1,11,20H2,2-3H3. The lowest BCUT2D eigenvalue weighted by atomic mass is 10.1. The molecule has 0 aliphatic carbocycles. The predicted octanol–water partition coefficient (Wildman–Crippen LogP) is 2.71. The van der Waals surface area contributed by atoms with Crippen LogP contribution in [0.25, 0.3) is 16.7 Å². The first-order chi connectivity index (χ1) is 12.0. The van der Waals surface area contributed by atoms with E-state index in [0.29, 0.717) is 22.5 Å². The SMILES string of the molecule is C=C(C)n1c(=O)n(Cc2c(N)cccc2C(=O)OC)c2ccccc21. The number of allylic oxidation sites excluding steroid dienone is 1. The van der Waals surface area contributed by atoms with Crippen LogP contribution < -0.4 is 11.4 Å². The maximum absolute atomic E-state index is 12.9. The van der Waals surface area contributed by atoms with Gasteiger partial charge in [-0.15, -0.1) is 0 Å². The number of aromatic nitrogens is 2. The molecular weight excluding hydrogens is 318 g/mol. The summed E-state index contributed by atoms with van der Waals surface area (Å²) in [6, 6.07) is 12.5. The first-order valence-electron chi connectivity index (χ1n) is 7.77. The number of nitrogens with zero attached hydrogens (tertiary/aromatic N) is 2. The van der Waals surface area contributed by atoms with Gasteiger partial charge in [0.25, 0.3) is 0 Å². The molecule has 1 heterocycles. The van der Waals surface area contributed by atoms with Gasteiger partial charge in [-0.2, -0.15) is 0 Å². The molecule has 128 valence electrons. The van der Waals surface area contributed by atoms with Crippen molar-refractivity contribution in [3.05, 3.63) is 70.7 Å². The number of methoxy groups -OCH3 is 1. The van der Waals surface area contributed by atoms with Crippen molar-refractivity contribution in [1.82, 2.24) is 9.13 Å². The minimum atomic E-state index is -0.487. The Bertz CT molecular complexity index is 1040. The summed E-state index contributed by atoms with van der Waals surface area (Å²) < 4.78 is 7.96. The van der Waals surface area contributed by atoms with Gasteiger partial charge in [-0.25, -0.2) is 9.59 Å². The van der Waals surface area contributed by atoms with E-state index in [-0.39, 0.29) is 12.2 Å². The zero-order valence-corrected chi connectivity index (χ0v) is 14.2.